The van der Waals surface area contributed by atoms with Gasteiger partial charge in [-0.3, -0.25) is 9.78 Å². The number of nitrogens with one attached hydrogen (secondary N) is 1. The zero-order valence-corrected chi connectivity index (χ0v) is 13.0. The van der Waals surface area contributed by atoms with Gasteiger partial charge in [-0.1, -0.05) is 23.7 Å². The van der Waals surface area contributed by atoms with Gasteiger partial charge in [0.2, 0.25) is 5.91 Å². The first-order valence-electron chi connectivity index (χ1n) is 7.43. The maximum Gasteiger partial charge on any atom is 0.242 e. The van der Waals surface area contributed by atoms with Gasteiger partial charge in [-0.2, -0.15) is 0 Å². The lowest BCUT2D eigenvalue weighted by Crippen LogP contribution is -2.35. The van der Waals surface area contributed by atoms with E-state index in [2.05, 4.69) is 10.3 Å². The summed E-state index contributed by atoms with van der Waals surface area (Å²) < 4.78 is 0. The van der Waals surface area contributed by atoms with Crippen LogP contribution in [0.1, 0.15) is 24.4 Å². The molecule has 0 saturated carbocycles. The summed E-state index contributed by atoms with van der Waals surface area (Å²) in [5, 5.41) is 3.75. The number of hydrogen-bond acceptors (Lipinski definition) is 3. The van der Waals surface area contributed by atoms with Gasteiger partial charge in [-0.15, -0.1) is 0 Å². The molecule has 1 fully saturated rings. The number of para-hydroxylation sites is 1. The summed E-state index contributed by atoms with van der Waals surface area (Å²) in [4.78, 5) is 18.5. The van der Waals surface area contributed by atoms with Crippen molar-refractivity contribution in [3.8, 4) is 0 Å². The van der Waals surface area contributed by atoms with Crippen LogP contribution in [0.3, 0.4) is 0 Å². The molecule has 1 aromatic carbocycles. The minimum atomic E-state index is 0.0965. The lowest BCUT2D eigenvalue weighted by Gasteiger charge is -2.25. The summed E-state index contributed by atoms with van der Waals surface area (Å²) >= 11 is 6.10. The highest BCUT2D eigenvalue weighted by molar-refractivity contribution is 6.33. The summed E-state index contributed by atoms with van der Waals surface area (Å²) in [7, 11) is 0. The fraction of sp³-hybridized carbons (Fsp3) is 0.294. The van der Waals surface area contributed by atoms with Crippen LogP contribution < -0.4 is 5.32 Å². The van der Waals surface area contributed by atoms with Crippen LogP contribution in [0, 0.1) is 0 Å². The molecule has 22 heavy (non-hydrogen) atoms. The van der Waals surface area contributed by atoms with Gasteiger partial charge in [0.15, 0.2) is 0 Å². The fourth-order valence-electron chi connectivity index (χ4n) is 2.87. The van der Waals surface area contributed by atoms with Crippen molar-refractivity contribution in [2.24, 2.45) is 0 Å². The number of hydrogen-bond donors (Lipinski definition) is 1. The number of halogens is 1. The van der Waals surface area contributed by atoms with E-state index in [1.54, 1.807) is 12.4 Å². The van der Waals surface area contributed by atoms with Gasteiger partial charge < -0.3 is 10.2 Å². The molecule has 5 heteroatoms. The van der Waals surface area contributed by atoms with E-state index in [0.717, 1.165) is 30.6 Å². The van der Waals surface area contributed by atoms with Gasteiger partial charge in [0, 0.05) is 18.9 Å². The van der Waals surface area contributed by atoms with Crippen molar-refractivity contribution < 1.29 is 4.79 Å². The van der Waals surface area contributed by atoms with Crippen LogP contribution in [0.25, 0.3) is 0 Å². The van der Waals surface area contributed by atoms with Crippen LogP contribution in [0.2, 0.25) is 5.02 Å². The molecule has 1 N–H and O–H groups in total. The minimum absolute atomic E-state index is 0.0965. The van der Waals surface area contributed by atoms with Gasteiger partial charge >= 0.3 is 0 Å². The molecule has 0 spiro atoms. The first-order chi connectivity index (χ1) is 10.8. The zero-order valence-electron chi connectivity index (χ0n) is 12.2. The summed E-state index contributed by atoms with van der Waals surface area (Å²) in [6, 6.07) is 11.6. The highest BCUT2D eigenvalue weighted by Crippen LogP contribution is 2.31. The first kappa shape index (κ1) is 14.9. The van der Waals surface area contributed by atoms with Crippen molar-refractivity contribution in [1.29, 1.82) is 0 Å². The molecular weight excluding hydrogens is 298 g/mol. The monoisotopic (exact) mass is 315 g/mol. The molecule has 0 aliphatic carbocycles. The molecule has 1 aliphatic heterocycles. The molecule has 1 aromatic heterocycles. The third kappa shape index (κ3) is 3.22. The van der Waals surface area contributed by atoms with Gasteiger partial charge in [0.25, 0.3) is 0 Å². The Balaban J connectivity index is 1.65. The van der Waals surface area contributed by atoms with E-state index in [4.69, 9.17) is 11.6 Å². The maximum atomic E-state index is 12.5. The quantitative estimate of drug-likeness (QED) is 0.939. The number of carbonyl (C=O) groups excluding carboxylic acids is 1. The third-order valence-electron chi connectivity index (χ3n) is 3.97. The third-order valence-corrected chi connectivity index (χ3v) is 4.30. The van der Waals surface area contributed by atoms with Crippen LogP contribution in [-0.4, -0.2) is 28.9 Å². The van der Waals surface area contributed by atoms with Crippen LogP contribution in [0.5, 0.6) is 0 Å². The second kappa shape index (κ2) is 6.79. The summed E-state index contributed by atoms with van der Waals surface area (Å²) in [6.45, 7) is 1.06. The topological polar surface area (TPSA) is 45.2 Å². The molecule has 0 bridgehead atoms. The van der Waals surface area contributed by atoms with Gasteiger partial charge in [-0.25, -0.2) is 0 Å². The van der Waals surface area contributed by atoms with Crippen molar-refractivity contribution in [3.63, 3.8) is 0 Å². The predicted octanol–water partition coefficient (Wildman–Crippen LogP) is 3.51. The number of likely N-dealkylation sites (tertiary alicyclic amines) is 1. The lowest BCUT2D eigenvalue weighted by molar-refractivity contribution is -0.130. The Hall–Kier alpha value is -2.07. The van der Waals surface area contributed by atoms with E-state index >= 15 is 0 Å². The van der Waals surface area contributed by atoms with Crippen molar-refractivity contribution in [3.05, 3.63) is 59.4 Å². The Morgan fingerprint density at radius 2 is 2.05 bits per heavy atom. The fourth-order valence-corrected chi connectivity index (χ4v) is 3.08. The average Bonchev–Trinajstić information content (AvgIpc) is 3.04. The minimum Gasteiger partial charge on any atom is -0.375 e. The normalized spacial score (nSPS) is 17.5. The van der Waals surface area contributed by atoms with E-state index in [1.807, 2.05) is 41.3 Å². The maximum absolute atomic E-state index is 12.5. The average molecular weight is 316 g/mol. The highest BCUT2D eigenvalue weighted by Gasteiger charge is 2.29. The Kier molecular flexibility index (Phi) is 4.59. The first-order valence-corrected chi connectivity index (χ1v) is 7.81. The molecule has 2 heterocycles. The van der Waals surface area contributed by atoms with Crippen molar-refractivity contribution in [2.45, 2.75) is 18.9 Å². The molecule has 0 radical (unpaired) electrons. The zero-order chi connectivity index (χ0) is 15.4. The van der Waals surface area contributed by atoms with E-state index < -0.39 is 0 Å². The summed E-state index contributed by atoms with van der Waals surface area (Å²) in [5.74, 6) is 0.0965. The van der Waals surface area contributed by atoms with Crippen LogP contribution in [-0.2, 0) is 4.79 Å². The van der Waals surface area contributed by atoms with Gasteiger partial charge in [0.05, 0.1) is 23.3 Å². The number of pyridine rings is 1. The Morgan fingerprint density at radius 3 is 2.82 bits per heavy atom. The number of benzene rings is 1. The number of nitrogens with zero attached hydrogens (tertiary/aromatic N) is 2. The summed E-state index contributed by atoms with van der Waals surface area (Å²) in [5.41, 5.74) is 1.94. The van der Waals surface area contributed by atoms with E-state index in [0.29, 0.717) is 5.02 Å². The molecule has 1 unspecified atom stereocenters. The molecule has 4 nitrogen and oxygen atoms in total. The molecule has 2 aromatic rings. The number of aromatic nitrogens is 1. The Bertz CT molecular complexity index is 647. The SMILES string of the molecule is O=C(CNc1ccccc1Cl)N1CCCC1c1ccncc1. The van der Waals surface area contributed by atoms with Crippen molar-refractivity contribution in [2.75, 3.05) is 18.4 Å². The second-order valence-corrected chi connectivity index (χ2v) is 5.77. The molecule has 1 atom stereocenters. The molecule has 114 valence electrons. The predicted molar refractivity (Wildman–Crippen MR) is 87.9 cm³/mol. The lowest BCUT2D eigenvalue weighted by atomic mass is 10.1. The number of carbonyl (C=O) groups is 1. The standard InChI is InChI=1S/C17H18ClN3O/c18-14-4-1-2-5-15(14)20-12-17(22)21-11-3-6-16(21)13-7-9-19-10-8-13/h1-2,4-5,7-10,16,20H,3,6,11-12H2. The van der Waals surface area contributed by atoms with E-state index in [1.165, 1.54) is 0 Å². The molecule has 1 amide bonds. The van der Waals surface area contributed by atoms with Crippen LogP contribution >= 0.6 is 11.6 Å². The summed E-state index contributed by atoms with van der Waals surface area (Å²) in [6.07, 6.45) is 5.59. The van der Waals surface area contributed by atoms with Gasteiger partial charge in [0.1, 0.15) is 0 Å². The van der Waals surface area contributed by atoms with Gasteiger partial charge in [-0.05, 0) is 42.7 Å². The molecule has 1 saturated heterocycles. The molecule has 3 rings (SSSR count). The number of rotatable bonds is 4. The number of anilines is 1. The molecular formula is C17H18ClN3O. The molecule has 1 aliphatic rings. The Labute approximate surface area is 135 Å². The largest absolute Gasteiger partial charge is 0.375 e. The Morgan fingerprint density at radius 1 is 1.27 bits per heavy atom. The smallest absolute Gasteiger partial charge is 0.242 e. The van der Waals surface area contributed by atoms with Crippen molar-refractivity contribution in [1.82, 2.24) is 9.88 Å². The van der Waals surface area contributed by atoms with E-state index in [-0.39, 0.29) is 18.5 Å². The van der Waals surface area contributed by atoms with Crippen molar-refractivity contribution >= 4 is 23.2 Å². The second-order valence-electron chi connectivity index (χ2n) is 5.36. The van der Waals surface area contributed by atoms with Crippen LogP contribution in [0.15, 0.2) is 48.8 Å². The number of amides is 1. The van der Waals surface area contributed by atoms with E-state index in [9.17, 15) is 4.79 Å². The highest BCUT2D eigenvalue weighted by atomic mass is 35.5. The van der Waals surface area contributed by atoms with Crippen LogP contribution in [0.4, 0.5) is 5.69 Å².